The topological polar surface area (TPSA) is 83.6 Å². The Bertz CT molecular complexity index is 448. The normalized spacial score (nSPS) is 11.9. The van der Waals surface area contributed by atoms with Crippen LogP contribution in [0, 0.1) is 0 Å². The maximum atomic E-state index is 12.1. The number of amides is 1. The number of unbranched alkanes of at least 4 members (excludes halogenated alkanes) is 2. The Morgan fingerprint density at radius 3 is 2.48 bits per heavy atom. The molecule has 0 aliphatic heterocycles. The number of nitrogens with zero attached hydrogens (tertiary/aromatic N) is 1. The van der Waals surface area contributed by atoms with Crippen LogP contribution in [0.15, 0.2) is 30.3 Å². The molecule has 0 aliphatic carbocycles. The van der Waals surface area contributed by atoms with Gasteiger partial charge in [-0.05, 0) is 24.8 Å². The first-order chi connectivity index (χ1) is 10.0. The number of hydrogen-bond donors (Lipinski definition) is 2. The van der Waals surface area contributed by atoms with Crippen LogP contribution in [0.1, 0.15) is 31.2 Å². The van der Waals surface area contributed by atoms with E-state index in [1.54, 1.807) is 11.9 Å². The number of carboxylic acids is 1. The van der Waals surface area contributed by atoms with E-state index in [1.165, 1.54) is 0 Å². The van der Waals surface area contributed by atoms with Crippen molar-refractivity contribution in [2.75, 3.05) is 13.6 Å². The summed E-state index contributed by atoms with van der Waals surface area (Å²) in [5.74, 6) is -0.846. The summed E-state index contributed by atoms with van der Waals surface area (Å²) in [4.78, 5) is 24.1. The molecule has 1 unspecified atom stereocenters. The molecule has 116 valence electrons. The molecule has 0 radical (unpaired) electrons. The molecule has 3 N–H and O–H groups in total. The molecule has 1 aromatic rings. The molecule has 1 rings (SSSR count). The summed E-state index contributed by atoms with van der Waals surface area (Å²) < 4.78 is 0. The average Bonchev–Trinajstić information content (AvgIpc) is 2.46. The fourth-order valence-electron chi connectivity index (χ4n) is 2.15. The predicted octanol–water partition coefficient (Wildman–Crippen LogP) is 1.66. The number of hydrogen-bond acceptors (Lipinski definition) is 3. The van der Waals surface area contributed by atoms with Gasteiger partial charge in [0.1, 0.15) is 0 Å². The molecule has 0 fully saturated rings. The number of carbonyl (C=O) groups is 2. The van der Waals surface area contributed by atoms with Crippen molar-refractivity contribution in [2.45, 2.75) is 38.1 Å². The van der Waals surface area contributed by atoms with Crippen LogP contribution in [0.25, 0.3) is 0 Å². The number of aliphatic carboxylic acids is 1. The second kappa shape index (κ2) is 9.13. The number of rotatable bonds is 9. The van der Waals surface area contributed by atoms with Crippen LogP contribution >= 0.6 is 0 Å². The van der Waals surface area contributed by atoms with Crippen LogP contribution < -0.4 is 5.73 Å². The van der Waals surface area contributed by atoms with E-state index in [-0.39, 0.29) is 12.3 Å². The Balaban J connectivity index is 2.28. The number of likely N-dealkylation sites (N-methyl/N-ethyl adjacent to an activating group) is 1. The maximum absolute atomic E-state index is 12.1. The minimum atomic E-state index is -0.774. The van der Waals surface area contributed by atoms with E-state index in [0.29, 0.717) is 19.4 Å². The predicted molar refractivity (Wildman–Crippen MR) is 81.9 cm³/mol. The average molecular weight is 292 g/mol. The van der Waals surface area contributed by atoms with Crippen molar-refractivity contribution in [2.24, 2.45) is 5.73 Å². The molecule has 1 amide bonds. The summed E-state index contributed by atoms with van der Waals surface area (Å²) in [5, 5.41) is 8.54. The van der Waals surface area contributed by atoms with Gasteiger partial charge < -0.3 is 15.7 Å². The van der Waals surface area contributed by atoms with Crippen LogP contribution in [0.5, 0.6) is 0 Å². The van der Waals surface area contributed by atoms with E-state index in [4.69, 9.17) is 10.8 Å². The zero-order valence-corrected chi connectivity index (χ0v) is 12.5. The minimum absolute atomic E-state index is 0.0721. The van der Waals surface area contributed by atoms with E-state index in [1.807, 2.05) is 30.3 Å². The second-order valence-corrected chi connectivity index (χ2v) is 5.26. The summed E-state index contributed by atoms with van der Waals surface area (Å²) in [7, 11) is 1.74. The van der Waals surface area contributed by atoms with Crippen LogP contribution in [0.2, 0.25) is 0 Å². The van der Waals surface area contributed by atoms with Crippen LogP contribution in [0.4, 0.5) is 0 Å². The van der Waals surface area contributed by atoms with E-state index in [0.717, 1.165) is 18.4 Å². The number of benzene rings is 1. The van der Waals surface area contributed by atoms with Crippen molar-refractivity contribution in [3.05, 3.63) is 35.9 Å². The second-order valence-electron chi connectivity index (χ2n) is 5.26. The molecule has 0 aromatic heterocycles. The third-order valence-corrected chi connectivity index (χ3v) is 3.38. The molecule has 0 saturated heterocycles. The molecule has 0 heterocycles. The van der Waals surface area contributed by atoms with E-state index < -0.39 is 12.0 Å². The molecule has 0 aliphatic rings. The SMILES string of the molecule is CN(CCCCCC(=O)O)C(=O)C(N)Cc1ccccc1. The lowest BCUT2D eigenvalue weighted by atomic mass is 10.1. The van der Waals surface area contributed by atoms with Crippen LogP contribution in [0.3, 0.4) is 0 Å². The molecule has 0 saturated carbocycles. The Morgan fingerprint density at radius 2 is 1.86 bits per heavy atom. The first kappa shape index (κ1) is 17.2. The maximum Gasteiger partial charge on any atom is 0.303 e. The zero-order valence-electron chi connectivity index (χ0n) is 12.5. The summed E-state index contributed by atoms with van der Waals surface area (Å²) >= 11 is 0. The largest absolute Gasteiger partial charge is 0.481 e. The summed E-state index contributed by atoms with van der Waals surface area (Å²) in [6, 6.07) is 9.17. The fourth-order valence-corrected chi connectivity index (χ4v) is 2.15. The Kier molecular flexibility index (Phi) is 7.46. The first-order valence-electron chi connectivity index (χ1n) is 7.27. The first-order valence-corrected chi connectivity index (χ1v) is 7.27. The number of nitrogens with two attached hydrogens (primary N) is 1. The summed E-state index contributed by atoms with van der Waals surface area (Å²) in [6.07, 6.45) is 2.97. The molecule has 1 atom stereocenters. The lowest BCUT2D eigenvalue weighted by molar-refractivity contribution is -0.137. The van der Waals surface area contributed by atoms with Gasteiger partial charge in [0.2, 0.25) is 5.91 Å². The fraction of sp³-hybridized carbons (Fsp3) is 0.500. The molecule has 21 heavy (non-hydrogen) atoms. The third-order valence-electron chi connectivity index (χ3n) is 3.38. The molecule has 0 bridgehead atoms. The van der Waals surface area contributed by atoms with Crippen LogP contribution in [-0.4, -0.2) is 41.5 Å². The van der Waals surface area contributed by atoms with Crippen LogP contribution in [-0.2, 0) is 16.0 Å². The van der Waals surface area contributed by atoms with Crippen molar-refractivity contribution in [1.82, 2.24) is 4.90 Å². The molecular weight excluding hydrogens is 268 g/mol. The monoisotopic (exact) mass is 292 g/mol. The highest BCUT2D eigenvalue weighted by Gasteiger charge is 2.17. The quantitative estimate of drug-likeness (QED) is 0.678. The zero-order chi connectivity index (χ0) is 15.7. The van der Waals surface area contributed by atoms with Gasteiger partial charge in [-0.15, -0.1) is 0 Å². The molecule has 5 nitrogen and oxygen atoms in total. The molecule has 1 aromatic carbocycles. The van der Waals surface area contributed by atoms with Crippen molar-refractivity contribution < 1.29 is 14.7 Å². The van der Waals surface area contributed by atoms with E-state index in [2.05, 4.69) is 0 Å². The standard InChI is InChI=1S/C16H24N2O3/c1-18(11-7-3-6-10-15(19)20)16(21)14(17)12-13-8-4-2-5-9-13/h2,4-5,8-9,14H,3,6-7,10-12,17H2,1H3,(H,19,20). The smallest absolute Gasteiger partial charge is 0.303 e. The number of carbonyl (C=O) groups excluding carboxylic acids is 1. The van der Waals surface area contributed by atoms with Gasteiger partial charge in [-0.25, -0.2) is 0 Å². The highest BCUT2D eigenvalue weighted by Crippen LogP contribution is 2.06. The van der Waals surface area contributed by atoms with Crippen molar-refractivity contribution in [1.29, 1.82) is 0 Å². The van der Waals surface area contributed by atoms with Gasteiger partial charge in [0.05, 0.1) is 6.04 Å². The highest BCUT2D eigenvalue weighted by molar-refractivity contribution is 5.81. The van der Waals surface area contributed by atoms with Gasteiger partial charge in [0, 0.05) is 20.0 Å². The molecular formula is C16H24N2O3. The van der Waals surface area contributed by atoms with Gasteiger partial charge in [0.25, 0.3) is 0 Å². The molecule has 0 spiro atoms. The van der Waals surface area contributed by atoms with Gasteiger partial charge in [-0.3, -0.25) is 9.59 Å². The Hall–Kier alpha value is -1.88. The lowest BCUT2D eigenvalue weighted by Gasteiger charge is -2.21. The Labute approximate surface area is 125 Å². The van der Waals surface area contributed by atoms with Crippen molar-refractivity contribution in [3.8, 4) is 0 Å². The third kappa shape index (κ3) is 6.90. The van der Waals surface area contributed by atoms with E-state index >= 15 is 0 Å². The van der Waals surface area contributed by atoms with Gasteiger partial charge in [-0.1, -0.05) is 36.8 Å². The lowest BCUT2D eigenvalue weighted by Crippen LogP contribution is -2.43. The number of carboxylic acid groups (broad SMARTS) is 1. The minimum Gasteiger partial charge on any atom is -0.481 e. The van der Waals surface area contributed by atoms with Gasteiger partial charge in [0.15, 0.2) is 0 Å². The van der Waals surface area contributed by atoms with Gasteiger partial charge in [-0.2, -0.15) is 0 Å². The summed E-state index contributed by atoms with van der Waals surface area (Å²) in [6.45, 7) is 0.612. The summed E-state index contributed by atoms with van der Waals surface area (Å²) in [5.41, 5.74) is 7.00. The van der Waals surface area contributed by atoms with Crippen molar-refractivity contribution in [3.63, 3.8) is 0 Å². The van der Waals surface area contributed by atoms with Gasteiger partial charge >= 0.3 is 5.97 Å². The van der Waals surface area contributed by atoms with Crippen molar-refractivity contribution >= 4 is 11.9 Å². The Morgan fingerprint density at radius 1 is 1.19 bits per heavy atom. The highest BCUT2D eigenvalue weighted by atomic mass is 16.4. The molecule has 5 heteroatoms. The van der Waals surface area contributed by atoms with E-state index in [9.17, 15) is 9.59 Å².